The Kier molecular flexibility index (Phi) is 4.16. The summed E-state index contributed by atoms with van der Waals surface area (Å²) in [4.78, 5) is 9.68. The van der Waals surface area contributed by atoms with Crippen LogP contribution in [0, 0.1) is 0 Å². The van der Waals surface area contributed by atoms with Gasteiger partial charge in [-0.25, -0.2) is 9.97 Å². The maximum absolute atomic E-state index is 13.3. The van der Waals surface area contributed by atoms with E-state index in [2.05, 4.69) is 9.97 Å². The number of alkyl halides is 3. The van der Waals surface area contributed by atoms with Crippen LogP contribution in [0.25, 0.3) is 0 Å². The summed E-state index contributed by atoms with van der Waals surface area (Å²) >= 11 is 5.74. The van der Waals surface area contributed by atoms with E-state index in [-0.39, 0.29) is 24.5 Å². The second kappa shape index (κ2) is 5.98. The van der Waals surface area contributed by atoms with Crippen LogP contribution in [0.3, 0.4) is 0 Å². The second-order valence-electron chi connectivity index (χ2n) is 5.34. The molecule has 1 fully saturated rings. The van der Waals surface area contributed by atoms with Crippen LogP contribution in [0.4, 0.5) is 19.1 Å². The maximum atomic E-state index is 13.3. The molecule has 2 unspecified atom stereocenters. The van der Waals surface area contributed by atoms with Crippen molar-refractivity contribution in [2.24, 2.45) is 0 Å². The lowest BCUT2D eigenvalue weighted by atomic mass is 9.97. The van der Waals surface area contributed by atoms with E-state index < -0.39 is 23.9 Å². The van der Waals surface area contributed by atoms with Gasteiger partial charge in [0.15, 0.2) is 0 Å². The first kappa shape index (κ1) is 16.0. The minimum atomic E-state index is -4.46. The molecular formula is C15H13ClF3N3O. The molecule has 1 saturated heterocycles. The fourth-order valence-electron chi connectivity index (χ4n) is 2.83. The Morgan fingerprint density at radius 3 is 2.48 bits per heavy atom. The molecule has 2 atom stereocenters. The largest absolute Gasteiger partial charge is 0.416 e. The molecule has 0 aliphatic carbocycles. The zero-order chi connectivity index (χ0) is 16.6. The Hall–Kier alpha value is -1.86. The van der Waals surface area contributed by atoms with Crippen LogP contribution in [0.1, 0.15) is 23.6 Å². The average molecular weight is 344 g/mol. The zero-order valence-electron chi connectivity index (χ0n) is 11.8. The number of hydrogen-bond acceptors (Lipinski definition) is 4. The number of benzene rings is 1. The standard InChI is InChI=1S/C15H13ClF3N3O/c16-9-6-20-14(21-7-9)22-8-10(23)5-13(22)11-3-1-2-4-12(11)15(17,18)19/h1-4,6-7,10,13,23H,5,8H2. The van der Waals surface area contributed by atoms with Crippen molar-refractivity contribution in [3.05, 3.63) is 52.8 Å². The summed E-state index contributed by atoms with van der Waals surface area (Å²) in [5.41, 5.74) is -0.604. The van der Waals surface area contributed by atoms with Crippen molar-refractivity contribution >= 4 is 17.5 Å². The number of aromatic nitrogens is 2. The van der Waals surface area contributed by atoms with Crippen LogP contribution in [-0.2, 0) is 6.18 Å². The molecule has 4 nitrogen and oxygen atoms in total. The number of nitrogens with zero attached hydrogens (tertiary/aromatic N) is 3. The minimum Gasteiger partial charge on any atom is -0.391 e. The van der Waals surface area contributed by atoms with Crippen molar-refractivity contribution in [3.8, 4) is 0 Å². The summed E-state index contributed by atoms with van der Waals surface area (Å²) in [6, 6.07) is 4.72. The third-order valence-electron chi connectivity index (χ3n) is 3.77. The minimum absolute atomic E-state index is 0.107. The van der Waals surface area contributed by atoms with Gasteiger partial charge in [0, 0.05) is 6.54 Å². The number of rotatable bonds is 2. The number of halogens is 4. The molecule has 2 heterocycles. The summed E-state index contributed by atoms with van der Waals surface area (Å²) in [7, 11) is 0. The van der Waals surface area contributed by atoms with E-state index in [1.54, 1.807) is 11.0 Å². The van der Waals surface area contributed by atoms with Crippen LogP contribution in [0.2, 0.25) is 5.02 Å². The first-order chi connectivity index (χ1) is 10.9. The van der Waals surface area contributed by atoms with Crippen molar-refractivity contribution in [2.75, 3.05) is 11.4 Å². The van der Waals surface area contributed by atoms with E-state index in [0.29, 0.717) is 5.02 Å². The van der Waals surface area contributed by atoms with Crippen molar-refractivity contribution in [2.45, 2.75) is 24.7 Å². The Labute approximate surface area is 135 Å². The van der Waals surface area contributed by atoms with E-state index in [4.69, 9.17) is 11.6 Å². The highest BCUT2D eigenvalue weighted by Crippen LogP contribution is 2.41. The Morgan fingerprint density at radius 2 is 1.83 bits per heavy atom. The Balaban J connectivity index is 2.02. The quantitative estimate of drug-likeness (QED) is 0.907. The number of anilines is 1. The normalized spacial score (nSPS) is 21.7. The molecule has 0 radical (unpaired) electrons. The highest BCUT2D eigenvalue weighted by Gasteiger charge is 2.40. The van der Waals surface area contributed by atoms with E-state index in [0.717, 1.165) is 6.07 Å². The van der Waals surface area contributed by atoms with Crippen LogP contribution in [0.15, 0.2) is 36.7 Å². The molecule has 2 aromatic rings. The van der Waals surface area contributed by atoms with Gasteiger partial charge in [-0.05, 0) is 18.1 Å². The molecule has 0 saturated carbocycles. The van der Waals surface area contributed by atoms with E-state index in [1.807, 2.05) is 0 Å². The van der Waals surface area contributed by atoms with Crippen molar-refractivity contribution in [3.63, 3.8) is 0 Å². The predicted molar refractivity (Wildman–Crippen MR) is 79.2 cm³/mol. The summed E-state index contributed by atoms with van der Waals surface area (Å²) in [5, 5.41) is 10.3. The lowest BCUT2D eigenvalue weighted by Gasteiger charge is -2.26. The molecule has 1 N–H and O–H groups in total. The molecule has 1 aromatic carbocycles. The Morgan fingerprint density at radius 1 is 1.17 bits per heavy atom. The number of hydrogen-bond donors (Lipinski definition) is 1. The zero-order valence-corrected chi connectivity index (χ0v) is 12.6. The molecule has 1 aliphatic heterocycles. The molecule has 3 rings (SSSR count). The van der Waals surface area contributed by atoms with Gasteiger partial charge in [0.05, 0.1) is 35.1 Å². The van der Waals surface area contributed by atoms with Gasteiger partial charge in [0.2, 0.25) is 5.95 Å². The third kappa shape index (κ3) is 3.25. The summed E-state index contributed by atoms with van der Waals surface area (Å²) in [5.74, 6) is 0.243. The van der Waals surface area contributed by atoms with Gasteiger partial charge in [0.1, 0.15) is 0 Å². The third-order valence-corrected chi connectivity index (χ3v) is 3.96. The molecular weight excluding hydrogens is 331 g/mol. The van der Waals surface area contributed by atoms with Crippen LogP contribution >= 0.6 is 11.6 Å². The van der Waals surface area contributed by atoms with Crippen molar-refractivity contribution in [1.82, 2.24) is 9.97 Å². The fourth-order valence-corrected chi connectivity index (χ4v) is 2.93. The van der Waals surface area contributed by atoms with Crippen LogP contribution in [0.5, 0.6) is 0 Å². The average Bonchev–Trinajstić information content (AvgIpc) is 2.89. The molecule has 23 heavy (non-hydrogen) atoms. The highest BCUT2D eigenvalue weighted by atomic mass is 35.5. The van der Waals surface area contributed by atoms with Crippen LogP contribution < -0.4 is 4.90 Å². The highest BCUT2D eigenvalue weighted by molar-refractivity contribution is 6.30. The first-order valence-corrected chi connectivity index (χ1v) is 7.32. The SMILES string of the molecule is OC1CC(c2ccccc2C(F)(F)F)N(c2ncc(Cl)cn2)C1. The number of β-amino-alcohol motifs (C(OH)–C–C–N with tert-alkyl or cyclic N) is 1. The van der Waals surface area contributed by atoms with Gasteiger partial charge in [-0.1, -0.05) is 29.8 Å². The monoisotopic (exact) mass is 343 g/mol. The summed E-state index contributed by atoms with van der Waals surface area (Å²) < 4.78 is 39.8. The second-order valence-corrected chi connectivity index (χ2v) is 5.78. The molecule has 0 amide bonds. The van der Waals surface area contributed by atoms with Gasteiger partial charge < -0.3 is 10.0 Å². The van der Waals surface area contributed by atoms with E-state index >= 15 is 0 Å². The smallest absolute Gasteiger partial charge is 0.391 e. The topological polar surface area (TPSA) is 49.2 Å². The van der Waals surface area contributed by atoms with Crippen molar-refractivity contribution in [1.29, 1.82) is 0 Å². The van der Waals surface area contributed by atoms with Crippen molar-refractivity contribution < 1.29 is 18.3 Å². The molecule has 0 spiro atoms. The lowest BCUT2D eigenvalue weighted by molar-refractivity contribution is -0.138. The summed E-state index contributed by atoms with van der Waals surface area (Å²) in [6.45, 7) is 0.165. The van der Waals surface area contributed by atoms with Gasteiger partial charge in [0.25, 0.3) is 0 Å². The van der Waals surface area contributed by atoms with Gasteiger partial charge >= 0.3 is 6.18 Å². The Bertz CT molecular complexity index is 693. The summed E-state index contributed by atoms with van der Waals surface area (Å²) in [6.07, 6.45) is -2.28. The van der Waals surface area contributed by atoms with E-state index in [1.165, 1.54) is 24.5 Å². The predicted octanol–water partition coefficient (Wildman–Crippen LogP) is 3.46. The fraction of sp³-hybridized carbons (Fsp3) is 0.333. The maximum Gasteiger partial charge on any atom is 0.416 e. The lowest BCUT2D eigenvalue weighted by Crippen LogP contribution is -2.27. The number of aliphatic hydroxyl groups is 1. The number of aliphatic hydroxyl groups excluding tert-OH is 1. The molecule has 1 aliphatic rings. The van der Waals surface area contributed by atoms with Gasteiger partial charge in [-0.15, -0.1) is 0 Å². The first-order valence-electron chi connectivity index (χ1n) is 6.94. The van der Waals surface area contributed by atoms with E-state index in [9.17, 15) is 18.3 Å². The molecule has 8 heteroatoms. The molecule has 0 bridgehead atoms. The van der Waals surface area contributed by atoms with Gasteiger partial charge in [-0.2, -0.15) is 13.2 Å². The molecule has 1 aromatic heterocycles. The van der Waals surface area contributed by atoms with Crippen LogP contribution in [-0.4, -0.2) is 27.7 Å². The van der Waals surface area contributed by atoms with Gasteiger partial charge in [-0.3, -0.25) is 0 Å². The molecule has 122 valence electrons.